The Bertz CT molecular complexity index is 596. The molecule has 0 spiro atoms. The van der Waals surface area contributed by atoms with Gasteiger partial charge in [0.25, 0.3) is 0 Å². The second-order valence-electron chi connectivity index (χ2n) is 6.05. The van der Waals surface area contributed by atoms with Crippen LogP contribution in [0.25, 0.3) is 10.8 Å². The zero-order valence-electron chi connectivity index (χ0n) is 11.8. The first-order valence-electron chi connectivity index (χ1n) is 7.32. The number of rotatable bonds is 3. The Morgan fingerprint density at radius 1 is 1.40 bits per heavy atom. The molecule has 3 rings (SSSR count). The quantitative estimate of drug-likeness (QED) is 0.901. The van der Waals surface area contributed by atoms with Crippen LogP contribution < -0.4 is 5.32 Å². The topological polar surface area (TPSA) is 58.0 Å². The van der Waals surface area contributed by atoms with Crippen molar-refractivity contribution in [2.75, 3.05) is 11.9 Å². The molecule has 106 valence electrons. The molecule has 1 aromatic heterocycles. The smallest absolute Gasteiger partial charge is 0.157 e. The van der Waals surface area contributed by atoms with Crippen LogP contribution in [-0.2, 0) is 0 Å². The number of aliphatic hydroxyl groups is 1. The third-order valence-corrected chi connectivity index (χ3v) is 4.35. The van der Waals surface area contributed by atoms with Crippen molar-refractivity contribution in [3.05, 3.63) is 30.5 Å². The molecule has 0 bridgehead atoms. The minimum atomic E-state index is -0.254. The Hall–Kier alpha value is -1.68. The van der Waals surface area contributed by atoms with Gasteiger partial charge in [-0.05, 0) is 18.8 Å². The molecular formula is C16H21N3O. The zero-order valence-corrected chi connectivity index (χ0v) is 11.8. The summed E-state index contributed by atoms with van der Waals surface area (Å²) in [5.74, 6) is 1.41. The van der Waals surface area contributed by atoms with Crippen molar-refractivity contribution in [3.8, 4) is 0 Å². The normalized spacial score (nSPS) is 26.6. The molecule has 2 aromatic rings. The fourth-order valence-electron chi connectivity index (χ4n) is 3.33. The summed E-state index contributed by atoms with van der Waals surface area (Å²) in [5.41, 5.74) is -0.254. The second kappa shape index (κ2) is 5.37. The van der Waals surface area contributed by atoms with E-state index in [1.807, 2.05) is 24.3 Å². The van der Waals surface area contributed by atoms with Crippen LogP contribution in [0.15, 0.2) is 30.5 Å². The SMILES string of the molecule is CC1CCCC(CO)(Nc2nncc3ccccc23)C1. The van der Waals surface area contributed by atoms with Crippen LogP contribution >= 0.6 is 0 Å². The zero-order chi connectivity index (χ0) is 14.0. The van der Waals surface area contributed by atoms with Crippen LogP contribution in [0, 0.1) is 5.92 Å². The first-order chi connectivity index (χ1) is 9.72. The third-order valence-electron chi connectivity index (χ3n) is 4.35. The number of aliphatic hydroxyl groups excluding tert-OH is 1. The van der Waals surface area contributed by atoms with E-state index >= 15 is 0 Å². The number of nitrogens with one attached hydrogen (secondary N) is 1. The monoisotopic (exact) mass is 271 g/mol. The first kappa shape index (κ1) is 13.3. The van der Waals surface area contributed by atoms with Crippen molar-refractivity contribution < 1.29 is 5.11 Å². The summed E-state index contributed by atoms with van der Waals surface area (Å²) in [4.78, 5) is 0. The summed E-state index contributed by atoms with van der Waals surface area (Å²) < 4.78 is 0. The number of hydrogen-bond acceptors (Lipinski definition) is 4. The maximum atomic E-state index is 9.88. The van der Waals surface area contributed by atoms with E-state index in [1.54, 1.807) is 6.20 Å². The number of benzene rings is 1. The van der Waals surface area contributed by atoms with Crippen molar-refractivity contribution >= 4 is 16.6 Å². The molecule has 1 heterocycles. The van der Waals surface area contributed by atoms with Gasteiger partial charge in [0.1, 0.15) is 0 Å². The molecule has 20 heavy (non-hydrogen) atoms. The van der Waals surface area contributed by atoms with Crippen molar-refractivity contribution in [1.82, 2.24) is 10.2 Å². The predicted octanol–water partition coefficient (Wildman–Crippen LogP) is 2.98. The molecule has 2 unspecified atom stereocenters. The minimum Gasteiger partial charge on any atom is -0.394 e. The molecule has 1 saturated carbocycles. The fourth-order valence-corrected chi connectivity index (χ4v) is 3.33. The average molecular weight is 271 g/mol. The van der Waals surface area contributed by atoms with Gasteiger partial charge in [-0.1, -0.05) is 44.0 Å². The van der Waals surface area contributed by atoms with Crippen LogP contribution in [0.5, 0.6) is 0 Å². The largest absolute Gasteiger partial charge is 0.394 e. The summed E-state index contributed by atoms with van der Waals surface area (Å²) in [6, 6.07) is 8.08. The molecule has 4 nitrogen and oxygen atoms in total. The summed E-state index contributed by atoms with van der Waals surface area (Å²) >= 11 is 0. The van der Waals surface area contributed by atoms with E-state index in [0.717, 1.165) is 35.9 Å². The Kier molecular flexibility index (Phi) is 3.57. The summed E-state index contributed by atoms with van der Waals surface area (Å²) in [6.07, 6.45) is 6.13. The highest BCUT2D eigenvalue weighted by molar-refractivity contribution is 5.91. The Labute approximate surface area is 119 Å². The third kappa shape index (κ3) is 2.48. The predicted molar refractivity (Wildman–Crippen MR) is 80.6 cm³/mol. The Morgan fingerprint density at radius 3 is 3.05 bits per heavy atom. The van der Waals surface area contributed by atoms with Gasteiger partial charge < -0.3 is 10.4 Å². The van der Waals surface area contributed by atoms with Crippen LogP contribution in [0.1, 0.15) is 32.6 Å². The van der Waals surface area contributed by atoms with Crippen molar-refractivity contribution in [1.29, 1.82) is 0 Å². The highest BCUT2D eigenvalue weighted by Gasteiger charge is 2.35. The lowest BCUT2D eigenvalue weighted by molar-refractivity contribution is 0.149. The molecule has 0 saturated heterocycles. The van der Waals surface area contributed by atoms with Crippen molar-refractivity contribution in [2.24, 2.45) is 5.92 Å². The molecule has 0 amide bonds. The van der Waals surface area contributed by atoms with Crippen LogP contribution in [0.3, 0.4) is 0 Å². The minimum absolute atomic E-state index is 0.141. The molecule has 1 fully saturated rings. The Morgan fingerprint density at radius 2 is 2.25 bits per heavy atom. The molecule has 2 atom stereocenters. The van der Waals surface area contributed by atoms with Crippen LogP contribution in [0.4, 0.5) is 5.82 Å². The van der Waals surface area contributed by atoms with E-state index in [1.165, 1.54) is 6.42 Å². The van der Waals surface area contributed by atoms with E-state index in [4.69, 9.17) is 0 Å². The van der Waals surface area contributed by atoms with Gasteiger partial charge in [-0.15, -0.1) is 5.10 Å². The number of fused-ring (bicyclic) bond motifs is 1. The average Bonchev–Trinajstić information content (AvgIpc) is 2.48. The van der Waals surface area contributed by atoms with Crippen LogP contribution in [0.2, 0.25) is 0 Å². The van der Waals surface area contributed by atoms with Gasteiger partial charge in [-0.25, -0.2) is 0 Å². The molecule has 4 heteroatoms. The van der Waals surface area contributed by atoms with Gasteiger partial charge in [-0.2, -0.15) is 5.10 Å². The number of aromatic nitrogens is 2. The highest BCUT2D eigenvalue weighted by Crippen LogP contribution is 2.35. The van der Waals surface area contributed by atoms with Crippen molar-refractivity contribution in [2.45, 2.75) is 38.1 Å². The van der Waals surface area contributed by atoms with E-state index in [-0.39, 0.29) is 12.1 Å². The summed E-state index contributed by atoms with van der Waals surface area (Å²) in [7, 11) is 0. The van der Waals surface area contributed by atoms with Gasteiger partial charge in [0.15, 0.2) is 5.82 Å². The lowest BCUT2D eigenvalue weighted by atomic mass is 9.77. The van der Waals surface area contributed by atoms with E-state index in [0.29, 0.717) is 5.92 Å². The molecular weight excluding hydrogens is 250 g/mol. The van der Waals surface area contributed by atoms with Crippen molar-refractivity contribution in [3.63, 3.8) is 0 Å². The molecule has 2 N–H and O–H groups in total. The maximum absolute atomic E-state index is 9.88. The second-order valence-corrected chi connectivity index (χ2v) is 6.05. The van der Waals surface area contributed by atoms with Gasteiger partial charge >= 0.3 is 0 Å². The van der Waals surface area contributed by atoms with Gasteiger partial charge in [0.2, 0.25) is 0 Å². The lowest BCUT2D eigenvalue weighted by Crippen LogP contribution is -2.46. The van der Waals surface area contributed by atoms with E-state index in [9.17, 15) is 5.11 Å². The van der Waals surface area contributed by atoms with Gasteiger partial charge in [0, 0.05) is 10.8 Å². The lowest BCUT2D eigenvalue weighted by Gasteiger charge is -2.39. The fraction of sp³-hybridized carbons (Fsp3) is 0.500. The van der Waals surface area contributed by atoms with Gasteiger partial charge in [0.05, 0.1) is 18.3 Å². The molecule has 1 aliphatic carbocycles. The molecule has 0 aliphatic heterocycles. The number of hydrogen-bond donors (Lipinski definition) is 2. The van der Waals surface area contributed by atoms with E-state index in [2.05, 4.69) is 22.4 Å². The van der Waals surface area contributed by atoms with Crippen LogP contribution in [-0.4, -0.2) is 27.4 Å². The molecule has 1 aliphatic rings. The molecule has 0 radical (unpaired) electrons. The standard InChI is InChI=1S/C16H21N3O/c1-12-5-4-8-16(9-12,11-20)18-15-14-7-3-2-6-13(14)10-17-19-15/h2-3,6-7,10,12,20H,4-5,8-9,11H2,1H3,(H,18,19). The maximum Gasteiger partial charge on any atom is 0.157 e. The summed E-state index contributed by atoms with van der Waals surface area (Å²) in [5, 5.41) is 23.8. The van der Waals surface area contributed by atoms with Gasteiger partial charge in [-0.3, -0.25) is 0 Å². The Balaban J connectivity index is 1.95. The number of anilines is 1. The molecule has 1 aromatic carbocycles. The van der Waals surface area contributed by atoms with E-state index < -0.39 is 0 Å². The highest BCUT2D eigenvalue weighted by atomic mass is 16.3. The summed E-state index contributed by atoms with van der Waals surface area (Å²) in [6.45, 7) is 2.39. The number of nitrogens with zero attached hydrogens (tertiary/aromatic N) is 2. The first-order valence-corrected chi connectivity index (χ1v) is 7.32.